The summed E-state index contributed by atoms with van der Waals surface area (Å²) in [5.74, 6) is -0.139. The van der Waals surface area contributed by atoms with Crippen LogP contribution < -0.4 is 11.1 Å². The molecule has 2 saturated heterocycles. The fourth-order valence-electron chi connectivity index (χ4n) is 2.81. The minimum atomic E-state index is -0.139. The van der Waals surface area contributed by atoms with E-state index in [-0.39, 0.29) is 11.9 Å². The number of nitrogens with one attached hydrogen (secondary N) is 1. The molecule has 4 nitrogen and oxygen atoms in total. The number of hydrogen-bond acceptors (Lipinski definition) is 3. The van der Waals surface area contributed by atoms with Crippen molar-refractivity contribution >= 4 is 5.91 Å². The lowest BCUT2D eigenvalue weighted by Crippen LogP contribution is -2.56. The summed E-state index contributed by atoms with van der Waals surface area (Å²) >= 11 is 0. The van der Waals surface area contributed by atoms with Gasteiger partial charge in [-0.3, -0.25) is 9.69 Å². The number of rotatable bonds is 2. The Balaban J connectivity index is 1.99. The van der Waals surface area contributed by atoms with Crippen molar-refractivity contribution in [1.82, 2.24) is 10.2 Å². The molecule has 3 N–H and O–H groups in total. The maximum absolute atomic E-state index is 11.4. The molecule has 0 aliphatic carbocycles. The Morgan fingerprint density at radius 3 is 2.80 bits per heavy atom. The van der Waals surface area contributed by atoms with Crippen LogP contribution in [0.4, 0.5) is 0 Å². The Labute approximate surface area is 91.2 Å². The second-order valence-corrected chi connectivity index (χ2v) is 4.65. The molecule has 2 rings (SSSR count). The molecule has 15 heavy (non-hydrogen) atoms. The lowest BCUT2D eigenvalue weighted by Gasteiger charge is -2.41. The fourth-order valence-corrected chi connectivity index (χ4v) is 2.81. The molecule has 0 spiro atoms. The van der Waals surface area contributed by atoms with E-state index in [9.17, 15) is 4.79 Å². The van der Waals surface area contributed by atoms with Crippen molar-refractivity contribution in [2.24, 2.45) is 5.73 Å². The van der Waals surface area contributed by atoms with Crippen molar-refractivity contribution in [3.8, 4) is 0 Å². The van der Waals surface area contributed by atoms with E-state index in [1.165, 1.54) is 19.3 Å². The Hall–Kier alpha value is -0.610. The van der Waals surface area contributed by atoms with Gasteiger partial charge in [0, 0.05) is 12.6 Å². The molecule has 2 unspecified atom stereocenters. The highest BCUT2D eigenvalue weighted by Gasteiger charge is 2.32. The number of hydrogen-bond donors (Lipinski definition) is 2. The largest absolute Gasteiger partial charge is 0.368 e. The number of likely N-dealkylation sites (tertiary alicyclic amines) is 1. The van der Waals surface area contributed by atoms with E-state index in [0.717, 1.165) is 32.5 Å². The minimum absolute atomic E-state index is 0.0105. The molecule has 2 heterocycles. The van der Waals surface area contributed by atoms with Gasteiger partial charge in [-0.15, -0.1) is 0 Å². The summed E-state index contributed by atoms with van der Waals surface area (Å²) in [5, 5.41) is 3.40. The SMILES string of the molecule is NC(=O)C1CCCCN1C1CCCNC1. The maximum Gasteiger partial charge on any atom is 0.234 e. The normalized spacial score (nSPS) is 33.9. The first kappa shape index (κ1) is 10.9. The van der Waals surface area contributed by atoms with Gasteiger partial charge in [0.15, 0.2) is 0 Å². The molecule has 2 aliphatic rings. The van der Waals surface area contributed by atoms with E-state index in [0.29, 0.717) is 6.04 Å². The summed E-state index contributed by atoms with van der Waals surface area (Å²) in [5.41, 5.74) is 5.46. The molecule has 2 atom stereocenters. The topological polar surface area (TPSA) is 58.4 Å². The van der Waals surface area contributed by atoms with Gasteiger partial charge in [-0.2, -0.15) is 0 Å². The van der Waals surface area contributed by atoms with E-state index in [4.69, 9.17) is 5.73 Å². The van der Waals surface area contributed by atoms with Gasteiger partial charge >= 0.3 is 0 Å². The van der Waals surface area contributed by atoms with Gasteiger partial charge < -0.3 is 11.1 Å². The van der Waals surface area contributed by atoms with Crippen molar-refractivity contribution in [1.29, 1.82) is 0 Å². The number of carbonyl (C=O) groups excluding carboxylic acids is 1. The van der Waals surface area contributed by atoms with Crippen molar-refractivity contribution in [3.63, 3.8) is 0 Å². The van der Waals surface area contributed by atoms with Crippen LogP contribution in [0.1, 0.15) is 32.1 Å². The summed E-state index contributed by atoms with van der Waals surface area (Å²) < 4.78 is 0. The van der Waals surface area contributed by atoms with Crippen molar-refractivity contribution in [3.05, 3.63) is 0 Å². The Morgan fingerprint density at radius 2 is 2.13 bits per heavy atom. The van der Waals surface area contributed by atoms with E-state index < -0.39 is 0 Å². The summed E-state index contributed by atoms with van der Waals surface area (Å²) in [6, 6.07) is 0.514. The summed E-state index contributed by atoms with van der Waals surface area (Å²) in [7, 11) is 0. The highest BCUT2D eigenvalue weighted by Crippen LogP contribution is 2.22. The number of nitrogens with two attached hydrogens (primary N) is 1. The first-order chi connectivity index (χ1) is 7.29. The quantitative estimate of drug-likeness (QED) is 0.680. The van der Waals surface area contributed by atoms with Crippen LogP contribution in [0.5, 0.6) is 0 Å². The highest BCUT2D eigenvalue weighted by molar-refractivity contribution is 5.80. The van der Waals surface area contributed by atoms with E-state index in [1.54, 1.807) is 0 Å². The average molecular weight is 211 g/mol. The van der Waals surface area contributed by atoms with E-state index in [2.05, 4.69) is 10.2 Å². The van der Waals surface area contributed by atoms with E-state index in [1.807, 2.05) is 0 Å². The van der Waals surface area contributed by atoms with Gasteiger partial charge in [0.1, 0.15) is 0 Å². The Bertz CT molecular complexity index is 226. The molecule has 0 bridgehead atoms. The third-order valence-electron chi connectivity index (χ3n) is 3.61. The molecule has 2 fully saturated rings. The molecule has 0 aromatic rings. The number of nitrogens with zero attached hydrogens (tertiary/aromatic N) is 1. The van der Waals surface area contributed by atoms with Crippen molar-refractivity contribution < 1.29 is 4.79 Å². The van der Waals surface area contributed by atoms with Crippen LogP contribution in [0, 0.1) is 0 Å². The van der Waals surface area contributed by atoms with Crippen LogP contribution in [-0.2, 0) is 4.79 Å². The molecule has 0 aromatic carbocycles. The molecule has 0 saturated carbocycles. The smallest absolute Gasteiger partial charge is 0.234 e. The molecule has 1 amide bonds. The van der Waals surface area contributed by atoms with Crippen molar-refractivity contribution in [2.45, 2.75) is 44.2 Å². The number of amides is 1. The second-order valence-electron chi connectivity index (χ2n) is 4.65. The summed E-state index contributed by atoms with van der Waals surface area (Å²) in [4.78, 5) is 13.7. The molecule has 4 heteroatoms. The van der Waals surface area contributed by atoms with Crippen LogP contribution in [0.25, 0.3) is 0 Å². The molecule has 0 radical (unpaired) electrons. The van der Waals surface area contributed by atoms with Gasteiger partial charge in [0.25, 0.3) is 0 Å². The number of piperidine rings is 2. The zero-order valence-electron chi connectivity index (χ0n) is 9.24. The standard InChI is InChI=1S/C11H21N3O/c12-11(15)10-5-1-2-7-14(10)9-4-3-6-13-8-9/h9-10,13H,1-8H2,(H2,12,15). The summed E-state index contributed by atoms with van der Waals surface area (Å²) in [6.07, 6.45) is 5.72. The van der Waals surface area contributed by atoms with Crippen LogP contribution in [0.15, 0.2) is 0 Å². The minimum Gasteiger partial charge on any atom is -0.368 e. The summed E-state index contributed by atoms with van der Waals surface area (Å²) in [6.45, 7) is 3.18. The third kappa shape index (κ3) is 2.49. The maximum atomic E-state index is 11.4. The van der Waals surface area contributed by atoms with Gasteiger partial charge in [0.05, 0.1) is 6.04 Å². The first-order valence-electron chi connectivity index (χ1n) is 6.05. The van der Waals surface area contributed by atoms with E-state index >= 15 is 0 Å². The zero-order valence-corrected chi connectivity index (χ0v) is 9.24. The predicted octanol–water partition coefficient (Wildman–Crippen LogP) is 0.0782. The van der Waals surface area contributed by atoms with Gasteiger partial charge in [0.2, 0.25) is 5.91 Å². The predicted molar refractivity (Wildman–Crippen MR) is 59.4 cm³/mol. The molecule has 0 aromatic heterocycles. The molecular weight excluding hydrogens is 190 g/mol. The first-order valence-corrected chi connectivity index (χ1v) is 6.05. The van der Waals surface area contributed by atoms with Gasteiger partial charge in [-0.25, -0.2) is 0 Å². The molecule has 2 aliphatic heterocycles. The van der Waals surface area contributed by atoms with Gasteiger partial charge in [-0.1, -0.05) is 6.42 Å². The Morgan fingerprint density at radius 1 is 1.27 bits per heavy atom. The van der Waals surface area contributed by atoms with Crippen LogP contribution in [0.2, 0.25) is 0 Å². The number of carbonyl (C=O) groups is 1. The second kappa shape index (κ2) is 4.94. The molecular formula is C11H21N3O. The molecule has 86 valence electrons. The van der Waals surface area contributed by atoms with Crippen LogP contribution in [0.3, 0.4) is 0 Å². The van der Waals surface area contributed by atoms with Crippen LogP contribution in [-0.4, -0.2) is 42.5 Å². The van der Waals surface area contributed by atoms with Crippen molar-refractivity contribution in [2.75, 3.05) is 19.6 Å². The Kier molecular flexibility index (Phi) is 3.59. The zero-order chi connectivity index (χ0) is 10.7. The lowest BCUT2D eigenvalue weighted by molar-refractivity contribution is -0.125. The van der Waals surface area contributed by atoms with Gasteiger partial charge in [-0.05, 0) is 38.8 Å². The third-order valence-corrected chi connectivity index (χ3v) is 3.61. The number of primary amides is 1. The highest BCUT2D eigenvalue weighted by atomic mass is 16.1. The average Bonchev–Trinajstić information content (AvgIpc) is 2.30. The lowest BCUT2D eigenvalue weighted by atomic mass is 9.96. The van der Waals surface area contributed by atoms with Crippen LogP contribution >= 0.6 is 0 Å². The monoisotopic (exact) mass is 211 g/mol. The fraction of sp³-hybridized carbons (Fsp3) is 0.909.